The van der Waals surface area contributed by atoms with Crippen LogP contribution in [0, 0.1) is 19.7 Å². The molecule has 2 heterocycles. The van der Waals surface area contributed by atoms with Gasteiger partial charge in [0.05, 0.1) is 23.1 Å². The van der Waals surface area contributed by atoms with Crippen LogP contribution in [-0.2, 0) is 17.1 Å². The fourth-order valence-electron chi connectivity index (χ4n) is 4.60. The van der Waals surface area contributed by atoms with E-state index in [9.17, 15) is 27.2 Å². The number of aromatic nitrogens is 3. The number of aryl methyl sites for hydroxylation is 2. The minimum atomic E-state index is -3.52. The van der Waals surface area contributed by atoms with E-state index in [4.69, 9.17) is 0 Å². The van der Waals surface area contributed by atoms with E-state index >= 15 is 0 Å². The van der Waals surface area contributed by atoms with E-state index < -0.39 is 32.6 Å². The standard InChI is InChI=1S/C26H26FN5O5S/c1-14-5-12-20(19(27)13-14)28-23-21-22(15(2)24(33)30(23)3)31(26(35)32(25(21)34)18-10-11-18)17-8-6-16(7-9-17)29-38(4,36)37/h5-9,12-13,18,28-29H,10-11H2,1-4H3. The maximum Gasteiger partial charge on any atom is 0.336 e. The van der Waals surface area contributed by atoms with Crippen LogP contribution in [0.2, 0.25) is 0 Å². The van der Waals surface area contributed by atoms with Gasteiger partial charge in [0.1, 0.15) is 17.0 Å². The van der Waals surface area contributed by atoms with Gasteiger partial charge >= 0.3 is 5.69 Å². The minimum Gasteiger partial charge on any atom is -0.338 e. The molecule has 2 aromatic heterocycles. The van der Waals surface area contributed by atoms with Crippen molar-refractivity contribution in [2.75, 3.05) is 16.3 Å². The van der Waals surface area contributed by atoms with Crippen LogP contribution in [0.25, 0.3) is 16.6 Å². The van der Waals surface area contributed by atoms with Crippen LogP contribution in [-0.4, -0.2) is 28.4 Å². The van der Waals surface area contributed by atoms with Gasteiger partial charge in [-0.15, -0.1) is 0 Å². The van der Waals surface area contributed by atoms with Crippen LogP contribution in [0.4, 0.5) is 21.6 Å². The SMILES string of the molecule is Cc1ccc(Nc2c3c(=O)n(C4CC4)c(=O)n(-c4ccc(NS(C)(=O)=O)cc4)c3c(C)c(=O)n2C)c(F)c1. The molecule has 0 atom stereocenters. The van der Waals surface area contributed by atoms with Gasteiger partial charge in [0, 0.05) is 24.3 Å². The Hall–Kier alpha value is -4.19. The third-order valence-electron chi connectivity index (χ3n) is 6.56. The van der Waals surface area contributed by atoms with Crippen LogP contribution in [0.5, 0.6) is 0 Å². The monoisotopic (exact) mass is 539 g/mol. The van der Waals surface area contributed by atoms with Crippen molar-refractivity contribution in [3.05, 3.63) is 90.6 Å². The first-order valence-corrected chi connectivity index (χ1v) is 13.8. The van der Waals surface area contributed by atoms with Gasteiger partial charge in [-0.25, -0.2) is 17.6 Å². The summed E-state index contributed by atoms with van der Waals surface area (Å²) in [4.78, 5) is 40.9. The highest BCUT2D eigenvalue weighted by molar-refractivity contribution is 7.92. The van der Waals surface area contributed by atoms with E-state index in [1.165, 1.54) is 64.1 Å². The van der Waals surface area contributed by atoms with Crippen molar-refractivity contribution in [3.8, 4) is 5.69 Å². The highest BCUT2D eigenvalue weighted by atomic mass is 32.2. The number of sulfonamides is 1. The molecule has 0 radical (unpaired) electrons. The number of pyridine rings is 1. The summed E-state index contributed by atoms with van der Waals surface area (Å²) in [6.07, 6.45) is 2.32. The first kappa shape index (κ1) is 25.5. The van der Waals surface area contributed by atoms with Crippen LogP contribution >= 0.6 is 0 Å². The number of benzene rings is 2. The Morgan fingerprint density at radius 3 is 2.21 bits per heavy atom. The number of fused-ring (bicyclic) bond motifs is 1. The minimum absolute atomic E-state index is 0.0573. The number of nitrogens with one attached hydrogen (secondary N) is 2. The lowest BCUT2D eigenvalue weighted by atomic mass is 10.1. The average molecular weight is 540 g/mol. The summed E-state index contributed by atoms with van der Waals surface area (Å²) < 4.78 is 44.1. The van der Waals surface area contributed by atoms with Gasteiger partial charge in [-0.1, -0.05) is 6.07 Å². The Labute approximate surface area is 217 Å². The zero-order chi connectivity index (χ0) is 27.5. The molecule has 1 aliphatic carbocycles. The van der Waals surface area contributed by atoms with Crippen molar-refractivity contribution in [3.63, 3.8) is 0 Å². The molecule has 1 fully saturated rings. The number of halogens is 1. The fraction of sp³-hybridized carbons (Fsp3) is 0.269. The van der Waals surface area contributed by atoms with Gasteiger partial charge in [0.15, 0.2) is 0 Å². The van der Waals surface area contributed by atoms with Gasteiger partial charge in [0.25, 0.3) is 11.1 Å². The van der Waals surface area contributed by atoms with Crippen molar-refractivity contribution < 1.29 is 12.8 Å². The molecule has 2 aromatic carbocycles. The molecule has 0 saturated heterocycles. The topological polar surface area (TPSA) is 124 Å². The van der Waals surface area contributed by atoms with Crippen LogP contribution in [0.3, 0.4) is 0 Å². The van der Waals surface area contributed by atoms with Crippen molar-refractivity contribution in [1.29, 1.82) is 0 Å². The number of hydrogen-bond donors (Lipinski definition) is 2. The Balaban J connectivity index is 1.85. The molecule has 0 unspecified atom stereocenters. The second-order valence-corrected chi connectivity index (χ2v) is 11.4. The highest BCUT2D eigenvalue weighted by Crippen LogP contribution is 2.34. The average Bonchev–Trinajstić information content (AvgIpc) is 3.67. The molecule has 0 aliphatic heterocycles. The van der Waals surface area contributed by atoms with Crippen molar-refractivity contribution in [2.24, 2.45) is 7.05 Å². The molecule has 1 aliphatic rings. The molecule has 0 amide bonds. The summed E-state index contributed by atoms with van der Waals surface area (Å²) in [6, 6.07) is 10.3. The van der Waals surface area contributed by atoms with Crippen LogP contribution < -0.4 is 26.8 Å². The fourth-order valence-corrected chi connectivity index (χ4v) is 5.16. The Morgan fingerprint density at radius 1 is 0.974 bits per heavy atom. The van der Waals surface area contributed by atoms with Gasteiger partial charge in [-0.05, 0) is 68.7 Å². The van der Waals surface area contributed by atoms with Crippen molar-refractivity contribution >= 4 is 38.1 Å². The molecule has 0 spiro atoms. The second kappa shape index (κ2) is 8.98. The molecular weight excluding hydrogens is 513 g/mol. The smallest absolute Gasteiger partial charge is 0.336 e. The molecule has 0 bridgehead atoms. The lowest BCUT2D eigenvalue weighted by Crippen LogP contribution is -2.41. The largest absolute Gasteiger partial charge is 0.338 e. The first-order valence-electron chi connectivity index (χ1n) is 11.9. The molecule has 5 rings (SSSR count). The summed E-state index contributed by atoms with van der Waals surface area (Å²) in [7, 11) is -2.04. The Bertz CT molecular complexity index is 1900. The summed E-state index contributed by atoms with van der Waals surface area (Å²) in [6.45, 7) is 3.27. The lowest BCUT2D eigenvalue weighted by molar-refractivity contribution is 0.607. The highest BCUT2D eigenvalue weighted by Gasteiger charge is 2.31. The number of anilines is 3. The molecule has 1 saturated carbocycles. The summed E-state index contributed by atoms with van der Waals surface area (Å²) in [5.41, 5.74) is -0.0143. The number of rotatable bonds is 6. The Kier molecular flexibility index (Phi) is 6.02. The molecule has 10 nitrogen and oxygen atoms in total. The van der Waals surface area contributed by atoms with E-state index in [-0.39, 0.29) is 39.7 Å². The predicted molar refractivity (Wildman–Crippen MR) is 145 cm³/mol. The summed E-state index contributed by atoms with van der Waals surface area (Å²) in [5, 5.41) is 2.99. The zero-order valence-electron chi connectivity index (χ0n) is 21.2. The molecule has 38 heavy (non-hydrogen) atoms. The van der Waals surface area contributed by atoms with E-state index in [2.05, 4.69) is 10.0 Å². The molecule has 198 valence electrons. The van der Waals surface area contributed by atoms with Crippen molar-refractivity contribution in [2.45, 2.75) is 32.7 Å². The number of hydrogen-bond acceptors (Lipinski definition) is 6. The third kappa shape index (κ3) is 4.40. The lowest BCUT2D eigenvalue weighted by Gasteiger charge is -2.20. The van der Waals surface area contributed by atoms with Gasteiger partial charge in [-0.2, -0.15) is 0 Å². The molecule has 4 aromatic rings. The van der Waals surface area contributed by atoms with E-state index in [0.717, 1.165) is 6.26 Å². The van der Waals surface area contributed by atoms with Crippen LogP contribution in [0.1, 0.15) is 30.0 Å². The van der Waals surface area contributed by atoms with Crippen molar-refractivity contribution in [1.82, 2.24) is 13.7 Å². The van der Waals surface area contributed by atoms with Gasteiger partial charge in [0.2, 0.25) is 10.0 Å². The summed E-state index contributed by atoms with van der Waals surface area (Å²) in [5.74, 6) is -0.502. The normalized spacial score (nSPS) is 13.6. The zero-order valence-corrected chi connectivity index (χ0v) is 22.0. The summed E-state index contributed by atoms with van der Waals surface area (Å²) >= 11 is 0. The Morgan fingerprint density at radius 2 is 1.63 bits per heavy atom. The van der Waals surface area contributed by atoms with Gasteiger partial charge in [-0.3, -0.25) is 28.0 Å². The molecule has 12 heteroatoms. The second-order valence-electron chi connectivity index (χ2n) is 9.62. The molecular formula is C26H26FN5O5S. The first-order chi connectivity index (χ1) is 17.9. The quantitative estimate of drug-likeness (QED) is 0.388. The van der Waals surface area contributed by atoms with E-state index in [1.54, 1.807) is 13.0 Å². The third-order valence-corrected chi connectivity index (χ3v) is 7.17. The maximum absolute atomic E-state index is 14.8. The van der Waals surface area contributed by atoms with Gasteiger partial charge < -0.3 is 5.32 Å². The maximum atomic E-state index is 14.8. The number of nitrogens with zero attached hydrogens (tertiary/aromatic N) is 3. The predicted octanol–water partition coefficient (Wildman–Crippen LogP) is 3.06. The van der Waals surface area contributed by atoms with E-state index in [1.807, 2.05) is 0 Å². The van der Waals surface area contributed by atoms with Crippen LogP contribution in [0.15, 0.2) is 56.8 Å². The van der Waals surface area contributed by atoms with E-state index in [0.29, 0.717) is 24.1 Å². The molecule has 2 N–H and O–H groups in total.